The summed E-state index contributed by atoms with van der Waals surface area (Å²) in [6.45, 7) is 3.84. The zero-order valence-corrected chi connectivity index (χ0v) is 15.9. The molecule has 2 aromatic rings. The number of hydrogen-bond donors (Lipinski definition) is 1. The maximum Gasteiger partial charge on any atom is 0.261 e. The van der Waals surface area contributed by atoms with Gasteiger partial charge in [-0.25, -0.2) is 8.42 Å². The molecule has 0 saturated carbocycles. The topological polar surface area (TPSA) is 103 Å². The Morgan fingerprint density at radius 2 is 1.59 bits per heavy atom. The quantitative estimate of drug-likeness (QED) is 0.802. The Bertz CT molecular complexity index is 981. The summed E-state index contributed by atoms with van der Waals surface area (Å²) >= 11 is 0. The second-order valence-electron chi connectivity index (χ2n) is 6.92. The van der Waals surface area contributed by atoms with Gasteiger partial charge in [0, 0.05) is 19.1 Å². The summed E-state index contributed by atoms with van der Waals surface area (Å²) in [5, 5.41) is 6.67. The molecule has 4 rings (SSSR count). The van der Waals surface area contributed by atoms with Crippen LogP contribution in [0.2, 0.25) is 0 Å². The summed E-state index contributed by atoms with van der Waals surface area (Å²) in [4.78, 5) is 26.7. The fourth-order valence-electron chi connectivity index (χ4n) is 3.93. The predicted octanol–water partition coefficient (Wildman–Crippen LogP) is 1.48. The molecule has 27 heavy (non-hydrogen) atoms. The average molecular weight is 388 g/mol. The lowest BCUT2D eigenvalue weighted by Gasteiger charge is -2.35. The van der Waals surface area contributed by atoms with Crippen LogP contribution in [0.4, 0.5) is 0 Å². The summed E-state index contributed by atoms with van der Waals surface area (Å²) in [6, 6.07) is 6.48. The number of piperidine rings is 1. The Kier molecular flexibility index (Phi) is 4.15. The van der Waals surface area contributed by atoms with E-state index in [4.69, 9.17) is 0 Å². The lowest BCUT2D eigenvalue weighted by molar-refractivity contribution is 0.0536. The van der Waals surface area contributed by atoms with E-state index in [0.717, 1.165) is 0 Å². The second-order valence-corrected chi connectivity index (χ2v) is 8.80. The van der Waals surface area contributed by atoms with Crippen molar-refractivity contribution < 1.29 is 18.0 Å². The highest BCUT2D eigenvalue weighted by atomic mass is 32.2. The third-order valence-corrected chi connectivity index (χ3v) is 7.43. The smallest absolute Gasteiger partial charge is 0.261 e. The SMILES string of the molecule is Cc1n[nH]c(C)c1S(=O)(=O)N1CCC(N2C(=O)c3ccccc3C2=O)CC1. The van der Waals surface area contributed by atoms with Gasteiger partial charge in [-0.05, 0) is 38.8 Å². The van der Waals surface area contributed by atoms with Gasteiger partial charge < -0.3 is 0 Å². The molecule has 0 unspecified atom stereocenters. The number of nitrogens with one attached hydrogen (secondary N) is 1. The molecule has 1 N–H and O–H groups in total. The van der Waals surface area contributed by atoms with E-state index in [-0.39, 0.29) is 35.8 Å². The zero-order chi connectivity index (χ0) is 19.3. The van der Waals surface area contributed by atoms with Gasteiger partial charge in [0.1, 0.15) is 4.90 Å². The van der Waals surface area contributed by atoms with Crippen molar-refractivity contribution in [2.45, 2.75) is 37.6 Å². The largest absolute Gasteiger partial charge is 0.281 e. The van der Waals surface area contributed by atoms with Crippen LogP contribution in [0.5, 0.6) is 0 Å². The average Bonchev–Trinajstić information content (AvgIpc) is 3.13. The molecule has 1 aromatic heterocycles. The van der Waals surface area contributed by atoms with Gasteiger partial charge in [0.05, 0.1) is 22.5 Å². The molecule has 2 aliphatic rings. The fourth-order valence-corrected chi connectivity index (χ4v) is 5.73. The van der Waals surface area contributed by atoms with Gasteiger partial charge in [0.2, 0.25) is 10.0 Å². The normalized spacial score (nSPS) is 19.0. The molecule has 3 heterocycles. The predicted molar refractivity (Wildman–Crippen MR) is 96.8 cm³/mol. The van der Waals surface area contributed by atoms with E-state index in [2.05, 4.69) is 10.2 Å². The number of imide groups is 1. The van der Waals surface area contributed by atoms with E-state index in [1.807, 2.05) is 0 Å². The minimum absolute atomic E-state index is 0.210. The van der Waals surface area contributed by atoms with Crippen LogP contribution >= 0.6 is 0 Å². The van der Waals surface area contributed by atoms with Gasteiger partial charge in [0.25, 0.3) is 11.8 Å². The molecule has 2 amide bonds. The van der Waals surface area contributed by atoms with Crippen LogP contribution in [0.25, 0.3) is 0 Å². The molecule has 142 valence electrons. The van der Waals surface area contributed by atoms with Gasteiger partial charge in [0.15, 0.2) is 0 Å². The van der Waals surface area contributed by atoms with E-state index in [9.17, 15) is 18.0 Å². The summed E-state index contributed by atoms with van der Waals surface area (Å²) in [5.74, 6) is -0.586. The van der Waals surface area contributed by atoms with Crippen LogP contribution in [0, 0.1) is 13.8 Å². The number of carbonyl (C=O) groups excluding carboxylic acids is 2. The van der Waals surface area contributed by atoms with Gasteiger partial charge >= 0.3 is 0 Å². The number of aromatic amines is 1. The molecule has 2 aliphatic heterocycles. The Hall–Kier alpha value is -2.52. The first-order valence-electron chi connectivity index (χ1n) is 8.81. The number of fused-ring (bicyclic) bond motifs is 1. The number of aromatic nitrogens is 2. The van der Waals surface area contributed by atoms with Gasteiger partial charge in [-0.2, -0.15) is 9.40 Å². The first kappa shape index (κ1) is 17.9. The lowest BCUT2D eigenvalue weighted by Crippen LogP contribution is -2.48. The summed E-state index contributed by atoms with van der Waals surface area (Å²) in [5.41, 5.74) is 1.79. The maximum absolute atomic E-state index is 12.9. The van der Waals surface area contributed by atoms with Crippen LogP contribution < -0.4 is 0 Å². The third kappa shape index (κ3) is 2.69. The van der Waals surface area contributed by atoms with Gasteiger partial charge in [-0.15, -0.1) is 0 Å². The van der Waals surface area contributed by atoms with Crippen molar-refractivity contribution in [3.63, 3.8) is 0 Å². The molecular weight excluding hydrogens is 368 g/mol. The molecule has 1 fully saturated rings. The molecule has 0 bridgehead atoms. The summed E-state index contributed by atoms with van der Waals surface area (Å²) in [6.07, 6.45) is 0.835. The van der Waals surface area contributed by atoms with Crippen molar-refractivity contribution >= 4 is 21.8 Å². The lowest BCUT2D eigenvalue weighted by atomic mass is 10.1. The Morgan fingerprint density at radius 1 is 1.04 bits per heavy atom. The van der Waals surface area contributed by atoms with Crippen LogP contribution in [0.15, 0.2) is 29.2 Å². The first-order chi connectivity index (χ1) is 12.8. The maximum atomic E-state index is 12.9. The Labute approximate surface area is 157 Å². The summed E-state index contributed by atoms with van der Waals surface area (Å²) in [7, 11) is -3.66. The van der Waals surface area contributed by atoms with Crippen molar-refractivity contribution in [3.05, 3.63) is 46.8 Å². The number of sulfonamides is 1. The Balaban J connectivity index is 1.52. The van der Waals surface area contributed by atoms with Crippen molar-refractivity contribution in [3.8, 4) is 0 Å². The zero-order valence-electron chi connectivity index (χ0n) is 15.1. The number of amides is 2. The van der Waals surface area contributed by atoms with Gasteiger partial charge in [-0.3, -0.25) is 19.6 Å². The van der Waals surface area contributed by atoms with Crippen molar-refractivity contribution in [1.29, 1.82) is 0 Å². The number of nitrogens with zero attached hydrogens (tertiary/aromatic N) is 3. The number of H-pyrrole nitrogens is 1. The van der Waals surface area contributed by atoms with Crippen LogP contribution in [-0.2, 0) is 10.0 Å². The number of hydrogen-bond acceptors (Lipinski definition) is 5. The van der Waals surface area contributed by atoms with Crippen molar-refractivity contribution in [2.75, 3.05) is 13.1 Å². The molecular formula is C18H20N4O4S. The standard InChI is InChI=1S/C18H20N4O4S/c1-11-16(12(2)20-19-11)27(25,26)21-9-7-13(8-10-21)22-17(23)14-5-3-4-6-15(14)18(22)24/h3-6,13H,7-10H2,1-2H3,(H,19,20). The second kappa shape index (κ2) is 6.28. The highest BCUT2D eigenvalue weighted by molar-refractivity contribution is 7.89. The van der Waals surface area contributed by atoms with Crippen LogP contribution in [0.1, 0.15) is 44.9 Å². The monoisotopic (exact) mass is 388 g/mol. The molecule has 1 saturated heterocycles. The number of benzene rings is 1. The fraction of sp³-hybridized carbons (Fsp3) is 0.389. The molecule has 8 nitrogen and oxygen atoms in total. The molecule has 0 spiro atoms. The highest BCUT2D eigenvalue weighted by Gasteiger charge is 2.42. The van der Waals surface area contributed by atoms with Gasteiger partial charge in [-0.1, -0.05) is 12.1 Å². The molecule has 0 atom stereocenters. The van der Waals surface area contributed by atoms with Crippen molar-refractivity contribution in [2.24, 2.45) is 0 Å². The molecule has 9 heteroatoms. The third-order valence-electron chi connectivity index (χ3n) is 5.27. The molecule has 0 aliphatic carbocycles. The van der Waals surface area contributed by atoms with E-state index in [0.29, 0.717) is 35.4 Å². The molecule has 1 aromatic carbocycles. The van der Waals surface area contributed by atoms with Crippen molar-refractivity contribution in [1.82, 2.24) is 19.4 Å². The minimum Gasteiger partial charge on any atom is -0.281 e. The van der Waals surface area contributed by atoms with E-state index in [1.54, 1.807) is 38.1 Å². The minimum atomic E-state index is -3.66. The number of rotatable bonds is 3. The van der Waals surface area contributed by atoms with E-state index in [1.165, 1.54) is 9.21 Å². The molecule has 0 radical (unpaired) electrons. The first-order valence-corrected chi connectivity index (χ1v) is 10.2. The van der Waals surface area contributed by atoms with E-state index < -0.39 is 10.0 Å². The van der Waals surface area contributed by atoms with E-state index >= 15 is 0 Å². The van der Waals surface area contributed by atoms with Crippen LogP contribution in [-0.4, -0.2) is 58.8 Å². The number of carbonyl (C=O) groups is 2. The Morgan fingerprint density at radius 3 is 2.07 bits per heavy atom. The number of aryl methyl sites for hydroxylation is 2. The highest BCUT2D eigenvalue weighted by Crippen LogP contribution is 2.30. The summed E-state index contributed by atoms with van der Waals surface area (Å²) < 4.78 is 27.3. The van der Waals surface area contributed by atoms with Crippen LogP contribution in [0.3, 0.4) is 0 Å².